The molecule has 0 aliphatic heterocycles. The van der Waals surface area contributed by atoms with Gasteiger partial charge in [0.25, 0.3) is 0 Å². The molecule has 100 valence electrons. The lowest BCUT2D eigenvalue weighted by Crippen LogP contribution is -1.93. The summed E-state index contributed by atoms with van der Waals surface area (Å²) in [5.41, 5.74) is 1.36. The van der Waals surface area contributed by atoms with Gasteiger partial charge in [-0.2, -0.15) is 0 Å². The first-order chi connectivity index (χ1) is 9.69. The lowest BCUT2D eigenvalue weighted by molar-refractivity contribution is 0.475. The summed E-state index contributed by atoms with van der Waals surface area (Å²) in [5, 5.41) is 9.77. The zero-order chi connectivity index (χ0) is 14.4. The van der Waals surface area contributed by atoms with E-state index >= 15 is 0 Å². The van der Waals surface area contributed by atoms with Crippen molar-refractivity contribution in [2.45, 2.75) is 0 Å². The summed E-state index contributed by atoms with van der Waals surface area (Å²) in [5.74, 6) is 0.292. The Kier molecular flexibility index (Phi) is 4.35. The molecule has 0 spiro atoms. The van der Waals surface area contributed by atoms with Crippen molar-refractivity contribution in [1.82, 2.24) is 0 Å². The predicted octanol–water partition coefficient (Wildman–Crippen LogP) is 3.83. The smallest absolute Gasteiger partial charge is 0.336 e. The topological polar surface area (TPSA) is 50.4 Å². The highest BCUT2D eigenvalue weighted by Gasteiger charge is 1.92. The molecule has 0 aliphatic carbocycles. The number of hydrogen-bond acceptors (Lipinski definition) is 3. The Morgan fingerprint density at radius 3 is 2.35 bits per heavy atom. The molecule has 1 N–H and O–H groups in total. The van der Waals surface area contributed by atoms with Crippen molar-refractivity contribution in [1.29, 1.82) is 0 Å². The van der Waals surface area contributed by atoms with Crippen molar-refractivity contribution in [3.8, 4) is 5.75 Å². The normalized spacial score (nSPS) is 9.60. The van der Waals surface area contributed by atoms with E-state index in [1.54, 1.807) is 30.3 Å². The minimum Gasteiger partial charge on any atom is -0.508 e. The number of phenolic OH excluding ortho intramolecular Hbond substituents is 1. The number of phenols is 1. The Bertz CT molecular complexity index is 755. The van der Waals surface area contributed by atoms with E-state index in [0.717, 1.165) is 10.9 Å². The van der Waals surface area contributed by atoms with Crippen molar-refractivity contribution >= 4 is 17.0 Å². The van der Waals surface area contributed by atoms with E-state index in [9.17, 15) is 4.79 Å². The predicted molar refractivity (Wildman–Crippen MR) is 80.7 cm³/mol. The van der Waals surface area contributed by atoms with E-state index in [0.29, 0.717) is 11.3 Å². The Balaban J connectivity index is 0.000000151. The fraction of sp³-hybridized carbons (Fsp3) is 0. The highest BCUT2D eigenvalue weighted by molar-refractivity contribution is 5.75. The molecule has 0 bridgehead atoms. The third-order valence-electron chi connectivity index (χ3n) is 2.66. The van der Waals surface area contributed by atoms with Crippen LogP contribution < -0.4 is 5.63 Å². The molecule has 1 heterocycles. The van der Waals surface area contributed by atoms with Crippen LogP contribution in [0.25, 0.3) is 17.0 Å². The van der Waals surface area contributed by atoms with Gasteiger partial charge < -0.3 is 9.52 Å². The van der Waals surface area contributed by atoms with Crippen molar-refractivity contribution in [2.75, 3.05) is 0 Å². The van der Waals surface area contributed by atoms with Crippen LogP contribution >= 0.6 is 0 Å². The van der Waals surface area contributed by atoms with E-state index in [2.05, 4.69) is 6.58 Å². The number of para-hydroxylation sites is 1. The molecule has 1 aromatic heterocycles. The second-order valence-electron chi connectivity index (χ2n) is 4.09. The van der Waals surface area contributed by atoms with Crippen molar-refractivity contribution in [2.24, 2.45) is 0 Å². The highest BCUT2D eigenvalue weighted by atomic mass is 16.4. The van der Waals surface area contributed by atoms with Gasteiger partial charge in [0.2, 0.25) is 0 Å². The Morgan fingerprint density at radius 2 is 1.65 bits per heavy atom. The first-order valence-corrected chi connectivity index (χ1v) is 6.09. The molecule has 0 saturated carbocycles. The molecule has 3 nitrogen and oxygen atoms in total. The third kappa shape index (κ3) is 3.59. The van der Waals surface area contributed by atoms with Crippen LogP contribution in [0.5, 0.6) is 5.75 Å². The summed E-state index contributed by atoms with van der Waals surface area (Å²) in [7, 11) is 0. The number of benzene rings is 2. The number of rotatable bonds is 1. The lowest BCUT2D eigenvalue weighted by Gasteiger charge is -1.91. The minimum absolute atomic E-state index is 0.292. The fourth-order valence-electron chi connectivity index (χ4n) is 1.62. The van der Waals surface area contributed by atoms with Gasteiger partial charge in [0, 0.05) is 11.5 Å². The van der Waals surface area contributed by atoms with Gasteiger partial charge in [0.15, 0.2) is 0 Å². The molecular weight excluding hydrogens is 252 g/mol. The van der Waals surface area contributed by atoms with Gasteiger partial charge in [-0.3, -0.25) is 0 Å². The Morgan fingerprint density at radius 1 is 0.950 bits per heavy atom. The average molecular weight is 266 g/mol. The van der Waals surface area contributed by atoms with Gasteiger partial charge in [-0.1, -0.05) is 43.0 Å². The van der Waals surface area contributed by atoms with Gasteiger partial charge in [-0.15, -0.1) is 0 Å². The van der Waals surface area contributed by atoms with Crippen LogP contribution in [0.3, 0.4) is 0 Å². The minimum atomic E-state index is -0.302. The molecule has 0 unspecified atom stereocenters. The zero-order valence-corrected chi connectivity index (χ0v) is 10.8. The van der Waals surface area contributed by atoms with Crippen LogP contribution in [0.1, 0.15) is 5.56 Å². The first kappa shape index (κ1) is 13.6. The van der Waals surface area contributed by atoms with Crippen molar-refractivity contribution in [3.05, 3.63) is 83.2 Å². The molecular formula is C17H14O3. The maximum absolute atomic E-state index is 10.7. The number of fused-ring (bicyclic) bond motifs is 1. The summed E-state index contributed by atoms with van der Waals surface area (Å²) < 4.78 is 4.91. The molecule has 0 fully saturated rings. The van der Waals surface area contributed by atoms with E-state index < -0.39 is 0 Å². The molecule has 3 heteroatoms. The number of hydrogen-bond donors (Lipinski definition) is 1. The van der Waals surface area contributed by atoms with Crippen LogP contribution in [-0.2, 0) is 0 Å². The summed E-state index contributed by atoms with van der Waals surface area (Å²) in [6, 6.07) is 17.5. The van der Waals surface area contributed by atoms with Crippen LogP contribution in [0.4, 0.5) is 0 Å². The van der Waals surface area contributed by atoms with E-state index in [1.807, 2.05) is 30.3 Å². The summed E-state index contributed by atoms with van der Waals surface area (Å²) >= 11 is 0. The van der Waals surface area contributed by atoms with Crippen LogP contribution in [0.2, 0.25) is 0 Å². The molecule has 20 heavy (non-hydrogen) atoms. The van der Waals surface area contributed by atoms with Crippen molar-refractivity contribution < 1.29 is 9.52 Å². The highest BCUT2D eigenvalue weighted by Crippen LogP contribution is 2.10. The molecule has 2 aromatic carbocycles. The van der Waals surface area contributed by atoms with Crippen LogP contribution in [-0.4, -0.2) is 5.11 Å². The van der Waals surface area contributed by atoms with Crippen LogP contribution in [0.15, 0.2) is 76.5 Å². The van der Waals surface area contributed by atoms with Gasteiger partial charge in [-0.05, 0) is 29.8 Å². The maximum Gasteiger partial charge on any atom is 0.336 e. The number of aromatic hydroxyl groups is 1. The van der Waals surface area contributed by atoms with E-state index in [1.165, 1.54) is 6.07 Å². The van der Waals surface area contributed by atoms with Gasteiger partial charge >= 0.3 is 5.63 Å². The van der Waals surface area contributed by atoms with E-state index in [-0.39, 0.29) is 5.63 Å². The molecule has 3 rings (SSSR count). The average Bonchev–Trinajstić information content (AvgIpc) is 2.48. The second kappa shape index (κ2) is 6.38. The zero-order valence-electron chi connectivity index (χ0n) is 10.8. The molecule has 0 saturated heterocycles. The van der Waals surface area contributed by atoms with Crippen molar-refractivity contribution in [3.63, 3.8) is 0 Å². The largest absolute Gasteiger partial charge is 0.508 e. The summed E-state index contributed by atoms with van der Waals surface area (Å²) in [4.78, 5) is 10.7. The third-order valence-corrected chi connectivity index (χ3v) is 2.66. The van der Waals surface area contributed by atoms with Gasteiger partial charge in [0.1, 0.15) is 11.3 Å². The second-order valence-corrected chi connectivity index (χ2v) is 4.09. The quantitative estimate of drug-likeness (QED) is 0.681. The Labute approximate surface area is 116 Å². The molecule has 0 radical (unpaired) electrons. The van der Waals surface area contributed by atoms with E-state index in [4.69, 9.17) is 9.52 Å². The lowest BCUT2D eigenvalue weighted by atomic mass is 10.2. The summed E-state index contributed by atoms with van der Waals surface area (Å²) in [6.45, 7) is 3.58. The standard InChI is InChI=1S/C9H6O2.C8H8O/c10-9-6-5-7-3-1-2-4-8(7)11-9;1-2-7-3-5-8(9)6-4-7/h1-6H;2-6,9H,1H2. The first-order valence-electron chi connectivity index (χ1n) is 6.09. The fourth-order valence-corrected chi connectivity index (χ4v) is 1.62. The van der Waals surface area contributed by atoms with Gasteiger partial charge in [-0.25, -0.2) is 4.79 Å². The molecule has 0 aliphatic rings. The SMILES string of the molecule is C=Cc1ccc(O)cc1.O=c1ccc2ccccc2o1. The monoisotopic (exact) mass is 266 g/mol. The Hall–Kier alpha value is -2.81. The molecule has 0 amide bonds. The van der Waals surface area contributed by atoms with Gasteiger partial charge in [0.05, 0.1) is 0 Å². The van der Waals surface area contributed by atoms with Crippen LogP contribution in [0, 0.1) is 0 Å². The maximum atomic E-state index is 10.7. The molecule has 3 aromatic rings. The summed E-state index contributed by atoms with van der Waals surface area (Å²) in [6.07, 6.45) is 1.74. The molecule has 0 atom stereocenters.